The van der Waals surface area contributed by atoms with E-state index in [2.05, 4.69) is 11.9 Å². The fraction of sp³-hybridized carbons (Fsp3) is 0.0909. The van der Waals surface area contributed by atoms with Crippen LogP contribution in [0, 0.1) is 0 Å². The predicted molar refractivity (Wildman–Crippen MR) is 53.6 cm³/mol. The molecule has 3 nitrogen and oxygen atoms in total. The van der Waals surface area contributed by atoms with Crippen LogP contribution in [-0.2, 0) is 4.79 Å². The Hall–Kier alpha value is -1.90. The fourth-order valence-corrected chi connectivity index (χ4v) is 1.08. The van der Waals surface area contributed by atoms with Gasteiger partial charge in [0.2, 0.25) is 0 Å². The molecule has 1 aromatic rings. The van der Waals surface area contributed by atoms with Gasteiger partial charge in [-0.3, -0.25) is 9.59 Å². The quantitative estimate of drug-likeness (QED) is 0.427. The number of nitrogens with one attached hydrogen (secondary N) is 1. The van der Waals surface area contributed by atoms with Crippen LogP contribution in [-0.4, -0.2) is 18.2 Å². The Morgan fingerprint density at radius 1 is 1.43 bits per heavy atom. The van der Waals surface area contributed by atoms with Gasteiger partial charge in [-0.05, 0) is 0 Å². The summed E-state index contributed by atoms with van der Waals surface area (Å²) in [4.78, 5) is 21.7. The van der Waals surface area contributed by atoms with Crippen molar-refractivity contribution in [3.05, 3.63) is 48.6 Å². The second-order valence-corrected chi connectivity index (χ2v) is 2.69. The van der Waals surface area contributed by atoms with Crippen LogP contribution in [0.3, 0.4) is 0 Å². The maximum Gasteiger partial charge on any atom is 0.310 e. The first-order valence-electron chi connectivity index (χ1n) is 4.14. The van der Waals surface area contributed by atoms with E-state index in [4.69, 9.17) is 0 Å². The van der Waals surface area contributed by atoms with Gasteiger partial charge in [-0.15, -0.1) is 6.58 Å². The third kappa shape index (κ3) is 2.29. The summed E-state index contributed by atoms with van der Waals surface area (Å²) in [5.74, 6) is -0.191. The smallest absolute Gasteiger partial charge is 0.310 e. The van der Waals surface area contributed by atoms with Crippen LogP contribution in [0.2, 0.25) is 0 Å². The van der Waals surface area contributed by atoms with Crippen molar-refractivity contribution in [2.75, 3.05) is 0 Å². The van der Waals surface area contributed by atoms with Crippen LogP contribution in [0.1, 0.15) is 10.4 Å². The summed E-state index contributed by atoms with van der Waals surface area (Å²) in [5, 5.41) is 2.26. The summed E-state index contributed by atoms with van der Waals surface area (Å²) in [5.41, 5.74) is 0.542. The van der Waals surface area contributed by atoms with Gasteiger partial charge in [0, 0.05) is 5.56 Å². The van der Waals surface area contributed by atoms with Gasteiger partial charge < -0.3 is 5.32 Å². The maximum absolute atomic E-state index is 11.7. The zero-order valence-corrected chi connectivity index (χ0v) is 7.57. The number of Topliss-reactive ketones (excluding diaryl/α,β-unsaturated/α-hetero) is 1. The standard InChI is InChI=1S/C11H10NO2/c1-2-10(12-8-13)11(14)9-6-4-3-5-7-9/h2-7,10H,1H2,(H,12,13). The molecule has 0 saturated carbocycles. The van der Waals surface area contributed by atoms with Gasteiger partial charge in [-0.2, -0.15) is 0 Å². The van der Waals surface area contributed by atoms with Gasteiger partial charge in [0.05, 0.1) is 0 Å². The number of carbonyl (C=O) groups excluding carboxylic acids is 2. The molecule has 1 unspecified atom stereocenters. The van der Waals surface area contributed by atoms with Crippen LogP contribution < -0.4 is 5.32 Å². The van der Waals surface area contributed by atoms with E-state index in [0.717, 1.165) is 0 Å². The Labute approximate surface area is 82.4 Å². The highest BCUT2D eigenvalue weighted by Crippen LogP contribution is 2.03. The molecule has 0 aliphatic rings. The molecule has 0 spiro atoms. The molecule has 1 N–H and O–H groups in total. The van der Waals surface area contributed by atoms with Gasteiger partial charge in [0.1, 0.15) is 6.04 Å². The Morgan fingerprint density at radius 3 is 2.57 bits per heavy atom. The molecule has 3 heteroatoms. The zero-order valence-electron chi connectivity index (χ0n) is 7.57. The summed E-state index contributed by atoms with van der Waals surface area (Å²) in [7, 11) is 0. The summed E-state index contributed by atoms with van der Waals surface area (Å²) >= 11 is 0. The third-order valence-corrected chi connectivity index (χ3v) is 1.79. The highest BCUT2D eigenvalue weighted by Gasteiger charge is 2.15. The van der Waals surface area contributed by atoms with Gasteiger partial charge in [-0.1, -0.05) is 36.4 Å². The van der Waals surface area contributed by atoms with Gasteiger partial charge in [0.15, 0.2) is 5.78 Å². The predicted octanol–water partition coefficient (Wildman–Crippen LogP) is 1.08. The number of hydrogen-bond acceptors (Lipinski definition) is 2. The second-order valence-electron chi connectivity index (χ2n) is 2.69. The molecule has 0 saturated heterocycles. The lowest BCUT2D eigenvalue weighted by Crippen LogP contribution is -2.33. The van der Waals surface area contributed by atoms with Crippen molar-refractivity contribution in [3.63, 3.8) is 0 Å². The molecule has 1 rings (SSSR count). The molecule has 0 aromatic heterocycles. The number of ketones is 1. The van der Waals surface area contributed by atoms with Crippen molar-refractivity contribution in [1.82, 2.24) is 5.32 Å². The molecule has 0 bridgehead atoms. The number of hydrogen-bond donors (Lipinski definition) is 1. The zero-order chi connectivity index (χ0) is 10.4. The highest BCUT2D eigenvalue weighted by molar-refractivity contribution is 6.02. The van der Waals surface area contributed by atoms with Gasteiger partial charge in [0.25, 0.3) is 0 Å². The Kier molecular flexibility index (Phi) is 3.61. The molecule has 1 atom stereocenters. The summed E-state index contributed by atoms with van der Waals surface area (Å²) in [6.45, 7) is 3.46. The third-order valence-electron chi connectivity index (χ3n) is 1.79. The average Bonchev–Trinajstić information content (AvgIpc) is 2.26. The normalized spacial score (nSPS) is 11.4. The second kappa shape index (κ2) is 4.97. The summed E-state index contributed by atoms with van der Waals surface area (Å²) < 4.78 is 0. The molecule has 0 aliphatic heterocycles. The van der Waals surface area contributed by atoms with E-state index in [9.17, 15) is 9.59 Å². The monoisotopic (exact) mass is 188 g/mol. The molecule has 1 amide bonds. The van der Waals surface area contributed by atoms with E-state index in [1.165, 1.54) is 12.5 Å². The Morgan fingerprint density at radius 2 is 2.07 bits per heavy atom. The van der Waals surface area contributed by atoms with E-state index in [1.54, 1.807) is 24.3 Å². The minimum Gasteiger partial charge on any atom is -0.334 e. The number of rotatable bonds is 5. The van der Waals surface area contributed by atoms with Crippen LogP contribution in [0.25, 0.3) is 0 Å². The SMILES string of the molecule is C=CC(N[C]=O)C(=O)c1ccccc1. The maximum atomic E-state index is 11.7. The number of benzene rings is 1. The first-order valence-corrected chi connectivity index (χ1v) is 4.14. The van der Waals surface area contributed by atoms with E-state index in [0.29, 0.717) is 5.56 Å². The fourth-order valence-electron chi connectivity index (χ4n) is 1.08. The molecular weight excluding hydrogens is 178 g/mol. The topological polar surface area (TPSA) is 46.2 Å². The first-order chi connectivity index (χ1) is 6.79. The average molecular weight is 188 g/mol. The minimum absolute atomic E-state index is 0.191. The van der Waals surface area contributed by atoms with E-state index in [-0.39, 0.29) is 5.78 Å². The molecule has 14 heavy (non-hydrogen) atoms. The molecule has 0 heterocycles. The summed E-state index contributed by atoms with van der Waals surface area (Å²) in [6.07, 6.45) is 2.85. The van der Waals surface area contributed by atoms with Crippen LogP contribution >= 0.6 is 0 Å². The van der Waals surface area contributed by atoms with E-state index in [1.807, 2.05) is 6.07 Å². The van der Waals surface area contributed by atoms with E-state index < -0.39 is 6.04 Å². The Balaban J connectivity index is 2.83. The largest absolute Gasteiger partial charge is 0.334 e. The van der Waals surface area contributed by atoms with Crippen molar-refractivity contribution in [1.29, 1.82) is 0 Å². The van der Waals surface area contributed by atoms with Gasteiger partial charge in [-0.25, -0.2) is 0 Å². The lowest BCUT2D eigenvalue weighted by atomic mass is 10.0. The van der Waals surface area contributed by atoms with Crippen LogP contribution in [0.15, 0.2) is 43.0 Å². The molecule has 1 radical (unpaired) electrons. The molecule has 0 aliphatic carbocycles. The Bertz CT molecular complexity index is 332. The molecular formula is C11H10NO2. The first kappa shape index (κ1) is 10.2. The molecule has 71 valence electrons. The summed E-state index contributed by atoms with van der Waals surface area (Å²) in [6, 6.07) is 8.01. The van der Waals surface area contributed by atoms with Crippen molar-refractivity contribution in [2.24, 2.45) is 0 Å². The van der Waals surface area contributed by atoms with Crippen molar-refractivity contribution in [2.45, 2.75) is 6.04 Å². The molecule has 0 fully saturated rings. The van der Waals surface area contributed by atoms with Crippen LogP contribution in [0.4, 0.5) is 0 Å². The lowest BCUT2D eigenvalue weighted by molar-refractivity contribution is 0.0970. The number of amides is 1. The van der Waals surface area contributed by atoms with Crippen molar-refractivity contribution >= 4 is 12.2 Å². The highest BCUT2D eigenvalue weighted by atomic mass is 16.1. The molecule has 1 aromatic carbocycles. The number of carbonyl (C=O) groups is 1. The van der Waals surface area contributed by atoms with Crippen LogP contribution in [0.5, 0.6) is 0 Å². The van der Waals surface area contributed by atoms with E-state index >= 15 is 0 Å². The van der Waals surface area contributed by atoms with Gasteiger partial charge >= 0.3 is 6.41 Å². The van der Waals surface area contributed by atoms with Crippen molar-refractivity contribution in [3.8, 4) is 0 Å². The van der Waals surface area contributed by atoms with Crippen molar-refractivity contribution < 1.29 is 9.59 Å². The minimum atomic E-state index is -0.699. The lowest BCUT2D eigenvalue weighted by Gasteiger charge is -2.08.